The summed E-state index contributed by atoms with van der Waals surface area (Å²) in [6.45, 7) is 1.92. The van der Waals surface area contributed by atoms with Crippen molar-refractivity contribution < 1.29 is 9.18 Å². The first-order chi connectivity index (χ1) is 13.8. The SMILES string of the molecule is Cc1cc(Cc2cn(C3CCC3)nc2C(=O)N(C)C)n(-c2ccc(F)cc2Br)n1. The van der Waals surface area contributed by atoms with Crippen LogP contribution < -0.4 is 0 Å². The highest BCUT2D eigenvalue weighted by atomic mass is 79.9. The summed E-state index contributed by atoms with van der Waals surface area (Å²) >= 11 is 3.43. The molecule has 8 heteroatoms. The molecule has 0 radical (unpaired) electrons. The van der Waals surface area contributed by atoms with Gasteiger partial charge in [0.05, 0.1) is 17.4 Å². The largest absolute Gasteiger partial charge is 0.343 e. The van der Waals surface area contributed by atoms with Crippen LogP contribution >= 0.6 is 15.9 Å². The van der Waals surface area contributed by atoms with E-state index in [4.69, 9.17) is 0 Å². The molecule has 0 N–H and O–H groups in total. The van der Waals surface area contributed by atoms with Gasteiger partial charge in [-0.15, -0.1) is 0 Å². The Hall–Kier alpha value is -2.48. The van der Waals surface area contributed by atoms with Crippen LogP contribution in [0.3, 0.4) is 0 Å². The van der Waals surface area contributed by atoms with E-state index in [0.717, 1.165) is 35.5 Å². The van der Waals surface area contributed by atoms with Crippen LogP contribution in [-0.2, 0) is 6.42 Å². The summed E-state index contributed by atoms with van der Waals surface area (Å²) in [4.78, 5) is 14.3. The molecule has 29 heavy (non-hydrogen) atoms. The molecule has 1 aliphatic rings. The van der Waals surface area contributed by atoms with Gasteiger partial charge < -0.3 is 4.90 Å². The second-order valence-corrected chi connectivity index (χ2v) is 8.58. The number of aromatic nitrogens is 4. The van der Waals surface area contributed by atoms with Crippen LogP contribution in [0.15, 0.2) is 34.9 Å². The molecule has 1 aliphatic carbocycles. The Balaban J connectivity index is 1.74. The number of carbonyl (C=O) groups excluding carboxylic acids is 1. The first-order valence-electron chi connectivity index (χ1n) is 9.64. The number of halogens is 2. The molecule has 1 fully saturated rings. The smallest absolute Gasteiger partial charge is 0.274 e. The molecule has 1 saturated carbocycles. The predicted molar refractivity (Wildman–Crippen MR) is 112 cm³/mol. The minimum Gasteiger partial charge on any atom is -0.343 e. The zero-order valence-electron chi connectivity index (χ0n) is 16.7. The Labute approximate surface area is 177 Å². The van der Waals surface area contributed by atoms with Crippen molar-refractivity contribution in [3.8, 4) is 5.69 Å². The molecule has 2 heterocycles. The van der Waals surface area contributed by atoms with Gasteiger partial charge in [-0.2, -0.15) is 10.2 Å². The number of rotatable bonds is 5. The molecule has 0 spiro atoms. The van der Waals surface area contributed by atoms with E-state index in [-0.39, 0.29) is 11.7 Å². The van der Waals surface area contributed by atoms with Crippen molar-refractivity contribution in [1.82, 2.24) is 24.5 Å². The summed E-state index contributed by atoms with van der Waals surface area (Å²) in [5.74, 6) is -0.421. The molecule has 6 nitrogen and oxygen atoms in total. The summed E-state index contributed by atoms with van der Waals surface area (Å²) in [6, 6.07) is 6.89. The summed E-state index contributed by atoms with van der Waals surface area (Å²) in [5, 5.41) is 9.21. The van der Waals surface area contributed by atoms with Crippen molar-refractivity contribution in [1.29, 1.82) is 0 Å². The lowest BCUT2D eigenvalue weighted by atomic mass is 9.93. The van der Waals surface area contributed by atoms with Gasteiger partial charge in [-0.3, -0.25) is 9.48 Å². The zero-order chi connectivity index (χ0) is 20.7. The molecule has 0 atom stereocenters. The number of benzene rings is 1. The van der Waals surface area contributed by atoms with Crippen molar-refractivity contribution in [3.63, 3.8) is 0 Å². The van der Waals surface area contributed by atoms with Crippen LogP contribution in [0.2, 0.25) is 0 Å². The maximum absolute atomic E-state index is 13.5. The lowest BCUT2D eigenvalue weighted by Gasteiger charge is -2.25. The molecule has 1 amide bonds. The van der Waals surface area contributed by atoms with Crippen molar-refractivity contribution in [2.24, 2.45) is 0 Å². The third-order valence-corrected chi connectivity index (χ3v) is 5.92. The molecule has 3 aromatic rings. The second kappa shape index (κ2) is 7.74. The molecular weight excluding hydrogens is 437 g/mol. The van der Waals surface area contributed by atoms with Crippen molar-refractivity contribution in [3.05, 3.63) is 63.4 Å². The molecular formula is C21H23BrFN5O. The van der Waals surface area contributed by atoms with Crippen LogP contribution in [-0.4, -0.2) is 44.5 Å². The molecule has 2 aromatic heterocycles. The molecule has 152 valence electrons. The van der Waals surface area contributed by atoms with Gasteiger partial charge in [0.1, 0.15) is 5.82 Å². The summed E-state index contributed by atoms with van der Waals surface area (Å²) in [6.07, 6.45) is 5.88. The van der Waals surface area contributed by atoms with E-state index >= 15 is 0 Å². The Morgan fingerprint density at radius 1 is 1.28 bits per heavy atom. The van der Waals surface area contributed by atoms with Gasteiger partial charge in [-0.25, -0.2) is 9.07 Å². The fourth-order valence-electron chi connectivity index (χ4n) is 3.52. The first-order valence-corrected chi connectivity index (χ1v) is 10.4. The molecule has 0 saturated heterocycles. The van der Waals surface area contributed by atoms with Gasteiger partial charge in [0.25, 0.3) is 5.91 Å². The second-order valence-electron chi connectivity index (χ2n) is 7.73. The van der Waals surface area contributed by atoms with Gasteiger partial charge in [0, 0.05) is 42.4 Å². The number of aryl methyl sites for hydroxylation is 1. The maximum atomic E-state index is 13.5. The van der Waals surface area contributed by atoms with E-state index in [1.807, 2.05) is 23.9 Å². The Morgan fingerprint density at radius 2 is 2.03 bits per heavy atom. The fourth-order valence-corrected chi connectivity index (χ4v) is 4.04. The Bertz CT molecular complexity index is 1070. The molecule has 0 unspecified atom stereocenters. The fraction of sp³-hybridized carbons (Fsp3) is 0.381. The van der Waals surface area contributed by atoms with E-state index in [9.17, 15) is 9.18 Å². The molecule has 0 aliphatic heterocycles. The van der Waals surface area contributed by atoms with E-state index < -0.39 is 0 Å². The van der Waals surface area contributed by atoms with Gasteiger partial charge in [0.15, 0.2) is 5.69 Å². The normalized spacial score (nSPS) is 14.1. The van der Waals surface area contributed by atoms with E-state index in [2.05, 4.69) is 26.1 Å². The summed E-state index contributed by atoms with van der Waals surface area (Å²) in [5.41, 5.74) is 3.86. The van der Waals surface area contributed by atoms with Crippen LogP contribution in [0.5, 0.6) is 0 Å². The first kappa shape index (κ1) is 19.8. The minimum absolute atomic E-state index is 0.108. The average molecular weight is 460 g/mol. The number of amides is 1. The highest BCUT2D eigenvalue weighted by Crippen LogP contribution is 2.32. The minimum atomic E-state index is -0.313. The van der Waals surface area contributed by atoms with Gasteiger partial charge in [-0.1, -0.05) is 0 Å². The summed E-state index contributed by atoms with van der Waals surface area (Å²) in [7, 11) is 3.47. The Kier molecular flexibility index (Phi) is 5.29. The molecule has 4 rings (SSSR count). The lowest BCUT2D eigenvalue weighted by Crippen LogP contribution is -2.24. The average Bonchev–Trinajstić information content (AvgIpc) is 3.16. The number of hydrogen-bond donors (Lipinski definition) is 0. The summed E-state index contributed by atoms with van der Waals surface area (Å²) < 4.78 is 17.9. The van der Waals surface area contributed by atoms with Gasteiger partial charge >= 0.3 is 0 Å². The topological polar surface area (TPSA) is 56.0 Å². The third kappa shape index (κ3) is 3.85. The zero-order valence-corrected chi connectivity index (χ0v) is 18.3. The van der Waals surface area contributed by atoms with Gasteiger partial charge in [-0.05, 0) is 66.4 Å². The number of carbonyl (C=O) groups is 1. The molecule has 1 aromatic carbocycles. The quantitative estimate of drug-likeness (QED) is 0.571. The van der Waals surface area contributed by atoms with Crippen molar-refractivity contribution in [2.45, 2.75) is 38.6 Å². The van der Waals surface area contributed by atoms with E-state index in [0.29, 0.717) is 22.6 Å². The van der Waals surface area contributed by atoms with E-state index in [1.165, 1.54) is 18.6 Å². The third-order valence-electron chi connectivity index (χ3n) is 5.28. The monoisotopic (exact) mass is 459 g/mol. The van der Waals surface area contributed by atoms with Crippen LogP contribution in [0, 0.1) is 12.7 Å². The van der Waals surface area contributed by atoms with Crippen LogP contribution in [0.25, 0.3) is 5.69 Å². The van der Waals surface area contributed by atoms with Crippen LogP contribution in [0.1, 0.15) is 52.7 Å². The number of nitrogens with zero attached hydrogens (tertiary/aromatic N) is 5. The van der Waals surface area contributed by atoms with Crippen molar-refractivity contribution >= 4 is 21.8 Å². The highest BCUT2D eigenvalue weighted by Gasteiger charge is 2.26. The predicted octanol–water partition coefficient (Wildman–Crippen LogP) is 4.30. The maximum Gasteiger partial charge on any atom is 0.274 e. The van der Waals surface area contributed by atoms with E-state index in [1.54, 1.807) is 29.7 Å². The lowest BCUT2D eigenvalue weighted by molar-refractivity contribution is 0.0819. The molecule has 0 bridgehead atoms. The number of hydrogen-bond acceptors (Lipinski definition) is 3. The Morgan fingerprint density at radius 3 is 2.66 bits per heavy atom. The van der Waals surface area contributed by atoms with Crippen molar-refractivity contribution in [2.75, 3.05) is 14.1 Å². The van der Waals surface area contributed by atoms with Crippen LogP contribution in [0.4, 0.5) is 4.39 Å². The standard InChI is InChI=1S/C21H23BrFN5O/c1-13-9-17(28(24-13)19-8-7-15(23)11-18(19)22)10-14-12-27(16-5-4-6-16)25-20(14)21(29)26(2)3/h7-9,11-12,16H,4-6,10H2,1-3H3. The van der Waals surface area contributed by atoms with Gasteiger partial charge in [0.2, 0.25) is 0 Å². The highest BCUT2D eigenvalue weighted by molar-refractivity contribution is 9.10.